The van der Waals surface area contributed by atoms with Crippen LogP contribution in [0.2, 0.25) is 0 Å². The summed E-state index contributed by atoms with van der Waals surface area (Å²) in [4.78, 5) is 35.5. The first-order valence-electron chi connectivity index (χ1n) is 49.2. The van der Waals surface area contributed by atoms with E-state index in [1.165, 1.54) is 210 Å². The molecule has 6 saturated carbocycles. The van der Waals surface area contributed by atoms with Crippen LogP contribution in [0.4, 0.5) is 22.7 Å². The van der Waals surface area contributed by atoms with Gasteiger partial charge < -0.3 is 37.2 Å². The second-order valence-corrected chi connectivity index (χ2v) is 41.3. The first-order valence-corrected chi connectivity index (χ1v) is 49.2. The number of rotatable bonds is 11. The molecule has 0 spiro atoms. The molecule has 10 N–H and O–H groups in total. The normalized spacial score (nSPS) is 16.4. The highest BCUT2D eigenvalue weighted by Crippen LogP contribution is 2.35. The monoisotopic (exact) mass is 1780 g/mol. The Morgan fingerprint density at radius 3 is 1.05 bits per heavy atom. The molecule has 0 unspecified atom stereocenters. The molecular weight excluding hydrogens is 1600 g/mol. The fourth-order valence-electron chi connectivity index (χ4n) is 17.7. The van der Waals surface area contributed by atoms with Gasteiger partial charge in [0.05, 0.1) is 149 Å². The Kier molecular flexibility index (Phi) is 46.2. The largest absolute Gasteiger partial charge is 0.392 e. The van der Waals surface area contributed by atoms with Gasteiger partial charge in [0.1, 0.15) is 0 Å². The summed E-state index contributed by atoms with van der Waals surface area (Å²) in [7, 11) is 31.9. The van der Waals surface area contributed by atoms with Crippen LogP contribution >= 0.6 is 0 Å². The Balaban J connectivity index is 0.000000261. The van der Waals surface area contributed by atoms with E-state index in [2.05, 4.69) is 206 Å². The molecule has 0 bridgehead atoms. The second-order valence-electron chi connectivity index (χ2n) is 41.3. The van der Waals surface area contributed by atoms with Crippen LogP contribution in [0.25, 0.3) is 0 Å². The van der Waals surface area contributed by atoms with Crippen LogP contribution in [0, 0.1) is 27.7 Å². The third-order valence-corrected chi connectivity index (χ3v) is 23.8. The molecule has 10 rings (SSSR count). The van der Waals surface area contributed by atoms with E-state index in [0.29, 0.717) is 48.2 Å². The number of anilines is 4. The maximum Gasteiger partial charge on any atom is 0.392 e. The maximum atomic E-state index is 5.64. The second kappa shape index (κ2) is 55.0. The van der Waals surface area contributed by atoms with Gasteiger partial charge in [-0.2, -0.15) is 0 Å². The van der Waals surface area contributed by atoms with Gasteiger partial charge in [-0.3, -0.25) is 47.4 Å². The van der Waals surface area contributed by atoms with Crippen molar-refractivity contribution >= 4 is 82.3 Å². The topological polar surface area (TPSA) is 213 Å². The van der Waals surface area contributed by atoms with E-state index in [1.54, 1.807) is 0 Å². The van der Waals surface area contributed by atoms with E-state index in [-0.39, 0.29) is 16.6 Å². The van der Waals surface area contributed by atoms with Crippen LogP contribution in [-0.4, -0.2) is 279 Å². The minimum Gasteiger partial charge on any atom is -0.340 e. The summed E-state index contributed by atoms with van der Waals surface area (Å²) in [6.45, 7) is 30.1. The van der Waals surface area contributed by atoms with Gasteiger partial charge in [-0.25, -0.2) is 30.9 Å². The molecule has 0 radical (unpaired) electrons. The van der Waals surface area contributed by atoms with Gasteiger partial charge in [0.25, 0.3) is 29.8 Å². The summed E-state index contributed by atoms with van der Waals surface area (Å²) < 4.78 is 11.1. The number of aryl methyl sites for hydroxylation is 4. The summed E-state index contributed by atoms with van der Waals surface area (Å²) in [5.74, 6) is 9.29. The lowest BCUT2D eigenvalue weighted by molar-refractivity contribution is -0.613. The Bertz CT molecular complexity index is 4130. The van der Waals surface area contributed by atoms with Gasteiger partial charge in [-0.05, 0) is 231 Å². The molecule has 0 amide bonds. The molecule has 720 valence electrons. The molecule has 0 atom stereocenters. The smallest absolute Gasteiger partial charge is 0.340 e. The molecule has 25 nitrogen and oxygen atoms in total. The molecule has 6 aliphatic rings. The SMILES string of the molecule is C1CCC(N=C(NC(N(C2CCCCC2)C2CCCCC2)=[N+](C2CCCCC2)C2CCCCC2)NC2CCCCC2)CC1.CCN=C(NC(N(C)C)=[N+](C)C)NC(C)(C)C.CN(C)C(NC(=NC(C)(C)C)NC(C)(C)C)=[N+](C)C.Cc1ccc(NC(=NC(N(C)C)=[N+](C)C)Nc2ccc(C)cc2)cc1.Cc1ccccc1NC(=NC(N(C)C)=[N+](C)C)Nc1ccccc1C. The number of nitrogens with zero attached hydrogens (tertiary/aromatic N) is 15. The van der Waals surface area contributed by atoms with Crippen LogP contribution < -0.4 is 53.2 Å². The molecule has 6 fully saturated rings. The van der Waals surface area contributed by atoms with Crippen molar-refractivity contribution in [2.24, 2.45) is 25.0 Å². The lowest BCUT2D eigenvalue weighted by Crippen LogP contribution is -2.63. The van der Waals surface area contributed by atoms with Crippen molar-refractivity contribution in [2.75, 3.05) is 141 Å². The van der Waals surface area contributed by atoms with Gasteiger partial charge in [0.15, 0.2) is 0 Å². The highest BCUT2D eigenvalue weighted by atomic mass is 15.4. The quantitative estimate of drug-likeness (QED) is 0.0384. The average molecular weight is 1780 g/mol. The number of nitrogens with one attached hydrogen (secondary N) is 10. The molecule has 6 aliphatic carbocycles. The lowest BCUT2D eigenvalue weighted by atomic mass is 9.88. The van der Waals surface area contributed by atoms with E-state index >= 15 is 0 Å². The van der Waals surface area contributed by atoms with Crippen LogP contribution in [0.3, 0.4) is 0 Å². The predicted molar refractivity (Wildman–Crippen MR) is 557 cm³/mol. The lowest BCUT2D eigenvalue weighted by Gasteiger charge is -2.42. The summed E-state index contributed by atoms with van der Waals surface area (Å²) in [5.41, 5.74) is 8.63. The van der Waals surface area contributed by atoms with Crippen molar-refractivity contribution in [2.45, 2.75) is 342 Å². The van der Waals surface area contributed by atoms with Gasteiger partial charge in [0.2, 0.25) is 0 Å². The van der Waals surface area contributed by atoms with Crippen molar-refractivity contribution in [1.29, 1.82) is 0 Å². The van der Waals surface area contributed by atoms with Crippen LogP contribution in [0.1, 0.15) is 284 Å². The summed E-state index contributed by atoms with van der Waals surface area (Å²) >= 11 is 0. The first-order chi connectivity index (χ1) is 61.1. The molecular formula is C104H184N25+5. The van der Waals surface area contributed by atoms with Crippen molar-refractivity contribution in [3.8, 4) is 0 Å². The standard InChI is InChI=1S/C38H67N5.2C20H27N5.C14H31N5.C12H27N5/c1-7-19-31(20-8-1)39-37(40-32-21-9-2-10-22-32)41-38(42(33-23-11-3-12-24-33)34-25-13-4-14-26-34)43(35-27-15-5-16-28-35)36-29-17-6-18-30-36;1-15-7-11-17(12-8-15)21-19(23-20(24(3)4)25(5)6)22-18-13-9-16(2)10-14-18;1-15-11-7-9-13-17(15)21-19(23-20(24(3)4)25(5)6)22-18-14-10-8-12-16(18)2;1-13(2,3)16-11(17-14(4,5)6)15-12(18(7)8)19(9)10;1-9-13-10(15-12(2,3)4)14-11(16(5)6)17(7)8/h31-36H,1-30H2,(H,39,40);2*7-14H,1-6H3,(H,21,22);1-10H3,(H,16,17);9H2,1-8H3,(H,13,15)/p+5. The van der Waals surface area contributed by atoms with Crippen LogP contribution in [-0.2, 0) is 0 Å². The van der Waals surface area contributed by atoms with Crippen molar-refractivity contribution in [3.05, 3.63) is 119 Å². The number of aliphatic imine (C=N–C) groups is 5. The van der Waals surface area contributed by atoms with E-state index in [0.717, 1.165) is 82.1 Å². The third kappa shape index (κ3) is 40.9. The first kappa shape index (κ1) is 108. The number of para-hydroxylation sites is 2. The minimum absolute atomic E-state index is 0.00919. The van der Waals surface area contributed by atoms with E-state index < -0.39 is 0 Å². The molecule has 4 aromatic carbocycles. The van der Waals surface area contributed by atoms with Crippen molar-refractivity contribution < 1.29 is 22.9 Å². The van der Waals surface area contributed by atoms with Crippen molar-refractivity contribution in [3.63, 3.8) is 0 Å². The molecule has 0 aliphatic heterocycles. The molecule has 0 heterocycles. The fraction of sp³-hybridized carbons (Fsp3) is 0.673. The highest BCUT2D eigenvalue weighted by molar-refractivity contribution is 6.10. The summed E-state index contributed by atoms with van der Waals surface area (Å²) in [6.07, 6.45) is 41.6. The zero-order valence-electron chi connectivity index (χ0n) is 86.8. The Morgan fingerprint density at radius 2 is 0.705 bits per heavy atom. The van der Waals surface area contributed by atoms with Crippen LogP contribution in [0.5, 0.6) is 0 Å². The maximum absolute atomic E-state index is 5.64. The Labute approximate surface area is 784 Å². The Morgan fingerprint density at radius 1 is 0.364 bits per heavy atom. The molecule has 129 heavy (non-hydrogen) atoms. The van der Waals surface area contributed by atoms with Crippen LogP contribution in [0.15, 0.2) is 122 Å². The molecule has 0 saturated heterocycles. The van der Waals surface area contributed by atoms with E-state index in [9.17, 15) is 0 Å². The van der Waals surface area contributed by atoms with Gasteiger partial charge >= 0.3 is 29.8 Å². The van der Waals surface area contributed by atoms with E-state index in [1.807, 2.05) is 206 Å². The molecule has 4 aromatic rings. The zero-order valence-corrected chi connectivity index (χ0v) is 86.8. The predicted octanol–water partition coefficient (Wildman–Crippen LogP) is 17.8. The summed E-state index contributed by atoms with van der Waals surface area (Å²) in [6, 6.07) is 36.7. The molecule has 25 heteroatoms. The van der Waals surface area contributed by atoms with Gasteiger partial charge in [-0.15, -0.1) is 0 Å². The Hall–Kier alpha value is -9.42. The zero-order chi connectivity index (χ0) is 95.0. The average Bonchev–Trinajstić information content (AvgIpc) is 0.773. The number of hydrogen-bond donors (Lipinski definition) is 10. The van der Waals surface area contributed by atoms with Crippen molar-refractivity contribution in [1.82, 2.24) is 56.4 Å². The minimum atomic E-state index is -0.135. The van der Waals surface area contributed by atoms with Gasteiger partial charge in [0, 0.05) is 46.4 Å². The molecule has 0 aromatic heterocycles. The number of benzene rings is 4. The highest BCUT2D eigenvalue weighted by Gasteiger charge is 2.43. The van der Waals surface area contributed by atoms with E-state index in [4.69, 9.17) is 20.0 Å². The summed E-state index contributed by atoms with van der Waals surface area (Å²) in [5, 5.41) is 35.5. The number of hydrogen-bond acceptors (Lipinski definition) is 3. The van der Waals surface area contributed by atoms with Gasteiger partial charge in [-0.1, -0.05) is 187 Å². The third-order valence-electron chi connectivity index (χ3n) is 23.8. The fourth-order valence-corrected chi connectivity index (χ4v) is 17.7. The number of guanidine groups is 10.